The van der Waals surface area contributed by atoms with Crippen molar-refractivity contribution in [3.63, 3.8) is 0 Å². The van der Waals surface area contributed by atoms with Gasteiger partial charge < -0.3 is 9.13 Å². The lowest BCUT2D eigenvalue weighted by Gasteiger charge is -2.10. The minimum absolute atomic E-state index is 0.992. The van der Waals surface area contributed by atoms with Crippen LogP contribution in [0, 0.1) is 0 Å². The van der Waals surface area contributed by atoms with Crippen LogP contribution in [0.5, 0.6) is 0 Å². The highest BCUT2D eigenvalue weighted by Crippen LogP contribution is 2.43. The fourth-order valence-electron chi connectivity index (χ4n) is 6.83. The Hall–Kier alpha value is -5.08. The van der Waals surface area contributed by atoms with Crippen molar-refractivity contribution in [2.75, 3.05) is 0 Å². The molecule has 0 spiro atoms. The minimum Gasteiger partial charge on any atom is -0.309 e. The van der Waals surface area contributed by atoms with Gasteiger partial charge in [0.1, 0.15) is 0 Å². The van der Waals surface area contributed by atoms with Crippen LogP contribution >= 0.6 is 0 Å². The number of hydrogen-bond acceptors (Lipinski definition) is 0. The van der Waals surface area contributed by atoms with Crippen molar-refractivity contribution in [1.29, 1.82) is 0 Å². The summed E-state index contributed by atoms with van der Waals surface area (Å²) in [4.78, 5) is 0. The molecule has 9 rings (SSSR count). The third-order valence-corrected chi connectivity index (χ3v) is 8.51. The van der Waals surface area contributed by atoms with Gasteiger partial charge in [-0.1, -0.05) is 78.9 Å². The van der Waals surface area contributed by atoms with Crippen molar-refractivity contribution >= 4 is 43.6 Å². The van der Waals surface area contributed by atoms with Gasteiger partial charge in [0.2, 0.25) is 0 Å². The van der Waals surface area contributed by atoms with Gasteiger partial charge in [0.05, 0.1) is 22.1 Å². The predicted octanol–water partition coefficient (Wildman–Crippen LogP) is 9.45. The summed E-state index contributed by atoms with van der Waals surface area (Å²) in [5.74, 6) is 0. The van der Waals surface area contributed by atoms with Gasteiger partial charge >= 0.3 is 0 Å². The molecule has 0 radical (unpaired) electrons. The first-order chi connectivity index (χ1) is 19.3. The highest BCUT2D eigenvalue weighted by atomic mass is 15.0. The molecular formula is C37H24N2. The summed E-state index contributed by atoms with van der Waals surface area (Å²) in [6, 6.07) is 48.9. The standard InChI is InChI=1S/C37H24N2/c1-2-11-26(12-3-1)38-36-19-18-27(39-34-16-8-6-14-29(34)30-15-7-9-17-35(30)39)22-33(36)32-21-25-20-24-10-4-5-13-28(24)31(25)23-37(32)38/h1-19,21-23H,20H2. The largest absolute Gasteiger partial charge is 0.309 e. The summed E-state index contributed by atoms with van der Waals surface area (Å²) in [5.41, 5.74) is 12.9. The Morgan fingerprint density at radius 2 is 0.974 bits per heavy atom. The molecule has 0 amide bonds. The van der Waals surface area contributed by atoms with Crippen molar-refractivity contribution in [3.8, 4) is 22.5 Å². The van der Waals surface area contributed by atoms with Crippen LogP contribution in [0.4, 0.5) is 0 Å². The average Bonchev–Trinajstić information content (AvgIpc) is 3.63. The van der Waals surface area contributed by atoms with E-state index in [0.29, 0.717) is 0 Å². The summed E-state index contributed by atoms with van der Waals surface area (Å²) in [5, 5.41) is 5.17. The second kappa shape index (κ2) is 7.72. The van der Waals surface area contributed by atoms with Gasteiger partial charge in [-0.05, 0) is 83.3 Å². The molecule has 0 saturated carbocycles. The summed E-state index contributed by atoms with van der Waals surface area (Å²) in [6.45, 7) is 0. The molecule has 0 saturated heterocycles. The van der Waals surface area contributed by atoms with E-state index in [1.54, 1.807) is 0 Å². The molecule has 8 aromatic rings. The Morgan fingerprint density at radius 3 is 1.77 bits per heavy atom. The highest BCUT2D eigenvalue weighted by Gasteiger charge is 2.22. The zero-order valence-electron chi connectivity index (χ0n) is 21.3. The van der Waals surface area contributed by atoms with Crippen LogP contribution < -0.4 is 0 Å². The molecule has 0 atom stereocenters. The van der Waals surface area contributed by atoms with Gasteiger partial charge in [-0.2, -0.15) is 0 Å². The van der Waals surface area contributed by atoms with Crippen LogP contribution in [0.15, 0.2) is 133 Å². The molecule has 182 valence electrons. The van der Waals surface area contributed by atoms with Crippen molar-refractivity contribution in [3.05, 3.63) is 145 Å². The fraction of sp³-hybridized carbons (Fsp3) is 0.0270. The molecule has 0 aliphatic heterocycles. The number of para-hydroxylation sites is 3. The molecule has 0 fully saturated rings. The van der Waals surface area contributed by atoms with Crippen LogP contribution in [0.25, 0.3) is 66.1 Å². The highest BCUT2D eigenvalue weighted by molar-refractivity contribution is 6.13. The smallest absolute Gasteiger partial charge is 0.0547 e. The molecular weight excluding hydrogens is 472 g/mol. The number of nitrogens with zero attached hydrogens (tertiary/aromatic N) is 2. The van der Waals surface area contributed by atoms with E-state index >= 15 is 0 Å². The number of benzene rings is 6. The van der Waals surface area contributed by atoms with Gasteiger partial charge in [-0.15, -0.1) is 0 Å². The van der Waals surface area contributed by atoms with Crippen molar-refractivity contribution < 1.29 is 0 Å². The predicted molar refractivity (Wildman–Crippen MR) is 163 cm³/mol. The number of rotatable bonds is 2. The lowest BCUT2D eigenvalue weighted by molar-refractivity contribution is 1.16. The van der Waals surface area contributed by atoms with Crippen LogP contribution in [0.3, 0.4) is 0 Å². The Kier molecular flexibility index (Phi) is 4.14. The molecule has 2 aromatic heterocycles. The third kappa shape index (κ3) is 2.86. The van der Waals surface area contributed by atoms with E-state index in [1.165, 1.54) is 77.2 Å². The first-order valence-corrected chi connectivity index (χ1v) is 13.6. The number of aromatic nitrogens is 2. The van der Waals surface area contributed by atoms with Gasteiger partial charge in [0.15, 0.2) is 0 Å². The topological polar surface area (TPSA) is 9.86 Å². The summed E-state index contributed by atoms with van der Waals surface area (Å²) >= 11 is 0. The summed E-state index contributed by atoms with van der Waals surface area (Å²) in [7, 11) is 0. The SMILES string of the molecule is c1ccc(-n2c3ccc(-n4c5ccccc5c5ccccc54)cc3c3cc4c(cc32)-c2ccccc2C4)cc1. The van der Waals surface area contributed by atoms with E-state index in [4.69, 9.17) is 0 Å². The Bertz CT molecular complexity index is 2190. The lowest BCUT2D eigenvalue weighted by atomic mass is 10.0. The maximum absolute atomic E-state index is 2.45. The van der Waals surface area contributed by atoms with Crippen molar-refractivity contribution in [1.82, 2.24) is 9.13 Å². The van der Waals surface area contributed by atoms with Gasteiger partial charge in [-0.25, -0.2) is 0 Å². The van der Waals surface area contributed by atoms with Gasteiger partial charge in [0, 0.05) is 32.9 Å². The second-order valence-corrected chi connectivity index (χ2v) is 10.6. The molecule has 1 aliphatic rings. The van der Waals surface area contributed by atoms with Gasteiger partial charge in [0.25, 0.3) is 0 Å². The third-order valence-electron chi connectivity index (χ3n) is 8.51. The van der Waals surface area contributed by atoms with E-state index in [1.807, 2.05) is 0 Å². The summed E-state index contributed by atoms with van der Waals surface area (Å²) < 4.78 is 4.85. The first-order valence-electron chi connectivity index (χ1n) is 13.6. The molecule has 0 unspecified atom stereocenters. The summed E-state index contributed by atoms with van der Waals surface area (Å²) in [6.07, 6.45) is 0.992. The molecule has 2 heteroatoms. The van der Waals surface area contributed by atoms with Crippen LogP contribution in [-0.2, 0) is 6.42 Å². The van der Waals surface area contributed by atoms with E-state index < -0.39 is 0 Å². The van der Waals surface area contributed by atoms with Gasteiger partial charge in [-0.3, -0.25) is 0 Å². The Morgan fingerprint density at radius 1 is 0.359 bits per heavy atom. The van der Waals surface area contributed by atoms with Crippen LogP contribution in [0.1, 0.15) is 11.1 Å². The molecule has 2 heterocycles. The molecule has 6 aromatic carbocycles. The molecule has 1 aliphatic carbocycles. The maximum atomic E-state index is 2.45. The number of hydrogen-bond donors (Lipinski definition) is 0. The van der Waals surface area contributed by atoms with E-state index in [0.717, 1.165) is 6.42 Å². The lowest BCUT2D eigenvalue weighted by Crippen LogP contribution is -1.95. The molecule has 0 N–H and O–H groups in total. The monoisotopic (exact) mass is 496 g/mol. The fourth-order valence-corrected chi connectivity index (χ4v) is 6.83. The average molecular weight is 497 g/mol. The minimum atomic E-state index is 0.992. The van der Waals surface area contributed by atoms with E-state index in [2.05, 4.69) is 143 Å². The Labute approximate surface area is 226 Å². The normalized spacial score (nSPS) is 12.5. The number of fused-ring (bicyclic) bond motifs is 9. The van der Waals surface area contributed by atoms with E-state index in [-0.39, 0.29) is 0 Å². The molecule has 39 heavy (non-hydrogen) atoms. The first kappa shape index (κ1) is 20.9. The van der Waals surface area contributed by atoms with Crippen LogP contribution in [-0.4, -0.2) is 9.13 Å². The van der Waals surface area contributed by atoms with Crippen molar-refractivity contribution in [2.24, 2.45) is 0 Å². The second-order valence-electron chi connectivity index (χ2n) is 10.6. The van der Waals surface area contributed by atoms with Crippen molar-refractivity contribution in [2.45, 2.75) is 6.42 Å². The Balaban J connectivity index is 1.39. The zero-order valence-corrected chi connectivity index (χ0v) is 21.3. The quantitative estimate of drug-likeness (QED) is 0.226. The van der Waals surface area contributed by atoms with Crippen LogP contribution in [0.2, 0.25) is 0 Å². The molecule has 0 bridgehead atoms. The maximum Gasteiger partial charge on any atom is 0.0547 e. The van der Waals surface area contributed by atoms with E-state index in [9.17, 15) is 0 Å². The zero-order chi connectivity index (χ0) is 25.5. The molecule has 2 nitrogen and oxygen atoms in total.